The summed E-state index contributed by atoms with van der Waals surface area (Å²) in [6.45, 7) is 7.33. The maximum absolute atomic E-state index is 12.8. The van der Waals surface area contributed by atoms with Crippen LogP contribution in [-0.2, 0) is 28.4 Å². The molecule has 0 atom stereocenters. The zero-order valence-electron chi connectivity index (χ0n) is 13.3. The number of rotatable bonds is 2. The number of aromatic amines is 1. The Bertz CT molecular complexity index is 768. The maximum Gasteiger partial charge on any atom is 0.243 e. The van der Waals surface area contributed by atoms with Gasteiger partial charge in [0.15, 0.2) is 0 Å². The Morgan fingerprint density at radius 2 is 1.77 bits per heavy atom. The van der Waals surface area contributed by atoms with E-state index in [1.165, 1.54) is 0 Å². The zero-order valence-corrected chi connectivity index (χ0v) is 14.1. The molecule has 1 N–H and O–H groups in total. The van der Waals surface area contributed by atoms with Crippen molar-refractivity contribution in [3.05, 3.63) is 53.3 Å². The van der Waals surface area contributed by atoms with E-state index < -0.39 is 10.0 Å². The third-order valence-corrected chi connectivity index (χ3v) is 6.11. The smallest absolute Gasteiger partial charge is 0.243 e. The lowest BCUT2D eigenvalue weighted by Crippen LogP contribution is -2.35. The molecule has 4 nitrogen and oxygen atoms in total. The van der Waals surface area contributed by atoms with E-state index in [1.54, 1.807) is 16.4 Å². The fourth-order valence-corrected chi connectivity index (χ4v) is 4.22. The number of nitrogens with zero attached hydrogens (tertiary/aromatic N) is 1. The van der Waals surface area contributed by atoms with Gasteiger partial charge in [0.25, 0.3) is 0 Å². The zero-order chi connectivity index (χ0) is 16.0. The predicted molar refractivity (Wildman–Crippen MR) is 87.2 cm³/mol. The minimum absolute atomic E-state index is 0.0213. The van der Waals surface area contributed by atoms with E-state index in [4.69, 9.17) is 0 Å². The molecule has 0 radical (unpaired) electrons. The van der Waals surface area contributed by atoms with E-state index in [9.17, 15) is 8.42 Å². The van der Waals surface area contributed by atoms with E-state index in [-0.39, 0.29) is 5.41 Å². The molecule has 1 aromatic carbocycles. The first-order valence-electron chi connectivity index (χ1n) is 7.54. The van der Waals surface area contributed by atoms with Crippen molar-refractivity contribution in [3.8, 4) is 0 Å². The van der Waals surface area contributed by atoms with Gasteiger partial charge in [-0.3, -0.25) is 0 Å². The van der Waals surface area contributed by atoms with Gasteiger partial charge in [-0.05, 0) is 34.7 Å². The second-order valence-corrected chi connectivity index (χ2v) is 8.78. The summed E-state index contributed by atoms with van der Waals surface area (Å²) in [7, 11) is -3.43. The lowest BCUT2D eigenvalue weighted by atomic mass is 9.87. The third kappa shape index (κ3) is 2.71. The van der Waals surface area contributed by atoms with Crippen LogP contribution in [0.4, 0.5) is 0 Å². The molecule has 0 amide bonds. The normalized spacial score (nSPS) is 16.5. The highest BCUT2D eigenvalue weighted by atomic mass is 32.2. The third-order valence-electron chi connectivity index (χ3n) is 4.25. The van der Waals surface area contributed by atoms with Gasteiger partial charge in [0.2, 0.25) is 10.0 Å². The first-order valence-corrected chi connectivity index (χ1v) is 8.98. The molecule has 0 bridgehead atoms. The Hall–Kier alpha value is -1.59. The molecule has 0 aliphatic carbocycles. The molecule has 3 rings (SSSR count). The lowest BCUT2D eigenvalue weighted by Gasteiger charge is -2.26. The molecular weight excluding hydrogens is 296 g/mol. The molecule has 1 aliphatic heterocycles. The van der Waals surface area contributed by atoms with Crippen molar-refractivity contribution in [3.63, 3.8) is 0 Å². The second-order valence-electron chi connectivity index (χ2n) is 6.84. The van der Waals surface area contributed by atoms with Gasteiger partial charge in [-0.1, -0.05) is 32.9 Å². The summed E-state index contributed by atoms with van der Waals surface area (Å²) in [5.74, 6) is 0. The van der Waals surface area contributed by atoms with Crippen molar-refractivity contribution < 1.29 is 8.42 Å². The van der Waals surface area contributed by atoms with Gasteiger partial charge < -0.3 is 4.98 Å². The van der Waals surface area contributed by atoms with Crippen LogP contribution in [0.1, 0.15) is 37.6 Å². The number of H-pyrrole nitrogens is 1. The number of nitrogens with one attached hydrogen (secondary N) is 1. The fraction of sp³-hybridized carbons (Fsp3) is 0.412. The SMILES string of the molecule is CC(C)(C)c1ccc(S(=O)(=O)N2CCc3[nH]ccc3C2)cc1. The topological polar surface area (TPSA) is 53.2 Å². The molecule has 5 heteroatoms. The Labute approximate surface area is 132 Å². The van der Waals surface area contributed by atoms with Gasteiger partial charge in [0.05, 0.1) is 4.90 Å². The van der Waals surface area contributed by atoms with Gasteiger partial charge in [-0.25, -0.2) is 8.42 Å². The van der Waals surface area contributed by atoms with Crippen LogP contribution in [0.15, 0.2) is 41.4 Å². The second kappa shape index (κ2) is 5.25. The number of benzene rings is 1. The Balaban J connectivity index is 1.88. The molecule has 0 saturated carbocycles. The molecule has 1 aromatic heterocycles. The summed E-state index contributed by atoms with van der Waals surface area (Å²) in [5.41, 5.74) is 3.38. The summed E-state index contributed by atoms with van der Waals surface area (Å²) in [6.07, 6.45) is 2.61. The number of fused-ring (bicyclic) bond motifs is 1. The van der Waals surface area contributed by atoms with Gasteiger partial charge in [-0.2, -0.15) is 4.31 Å². The van der Waals surface area contributed by atoms with Crippen molar-refractivity contribution in [2.75, 3.05) is 6.54 Å². The highest BCUT2D eigenvalue weighted by Gasteiger charge is 2.29. The Morgan fingerprint density at radius 3 is 2.41 bits per heavy atom. The van der Waals surface area contributed by atoms with Crippen molar-refractivity contribution in [1.82, 2.24) is 9.29 Å². The monoisotopic (exact) mass is 318 g/mol. The first kappa shape index (κ1) is 15.3. The fourth-order valence-electron chi connectivity index (χ4n) is 2.80. The highest BCUT2D eigenvalue weighted by Crippen LogP contribution is 2.27. The van der Waals surface area contributed by atoms with Gasteiger partial charge in [-0.15, -0.1) is 0 Å². The average Bonchev–Trinajstić information content (AvgIpc) is 2.94. The Kier molecular flexibility index (Phi) is 3.65. The quantitative estimate of drug-likeness (QED) is 0.925. The maximum atomic E-state index is 12.8. The minimum atomic E-state index is -3.43. The van der Waals surface area contributed by atoms with Crippen LogP contribution >= 0.6 is 0 Å². The van der Waals surface area contributed by atoms with Crippen LogP contribution in [0.3, 0.4) is 0 Å². The standard InChI is InChI=1S/C17H22N2O2S/c1-17(2,3)14-4-6-15(7-5-14)22(20,21)19-11-9-16-13(12-19)8-10-18-16/h4-8,10,18H,9,11-12H2,1-3H3. The summed E-state index contributed by atoms with van der Waals surface area (Å²) >= 11 is 0. The summed E-state index contributed by atoms with van der Waals surface area (Å²) < 4.78 is 27.2. The molecule has 118 valence electrons. The van der Waals surface area contributed by atoms with E-state index in [1.807, 2.05) is 24.4 Å². The largest absolute Gasteiger partial charge is 0.365 e. The summed E-state index contributed by atoms with van der Waals surface area (Å²) in [4.78, 5) is 3.55. The number of aromatic nitrogens is 1. The predicted octanol–water partition coefficient (Wildman–Crippen LogP) is 3.06. The van der Waals surface area contributed by atoms with Gasteiger partial charge >= 0.3 is 0 Å². The Morgan fingerprint density at radius 1 is 1.09 bits per heavy atom. The molecule has 2 heterocycles. The molecule has 2 aromatic rings. The van der Waals surface area contributed by atoms with E-state index in [2.05, 4.69) is 25.8 Å². The van der Waals surface area contributed by atoms with Crippen LogP contribution in [0.5, 0.6) is 0 Å². The van der Waals surface area contributed by atoms with E-state index in [0.29, 0.717) is 18.0 Å². The molecule has 0 unspecified atom stereocenters. The van der Waals surface area contributed by atoms with Crippen LogP contribution in [0.25, 0.3) is 0 Å². The molecule has 1 aliphatic rings. The minimum Gasteiger partial charge on any atom is -0.365 e. The van der Waals surface area contributed by atoms with Gasteiger partial charge in [0, 0.05) is 31.4 Å². The van der Waals surface area contributed by atoms with Gasteiger partial charge in [0.1, 0.15) is 0 Å². The van der Waals surface area contributed by atoms with Crippen molar-refractivity contribution >= 4 is 10.0 Å². The van der Waals surface area contributed by atoms with E-state index >= 15 is 0 Å². The number of hydrogen-bond acceptors (Lipinski definition) is 2. The summed E-state index contributed by atoms with van der Waals surface area (Å²) in [5, 5.41) is 0. The van der Waals surface area contributed by atoms with Crippen LogP contribution < -0.4 is 0 Å². The molecule has 0 fully saturated rings. The number of sulfonamides is 1. The van der Waals surface area contributed by atoms with Crippen molar-refractivity contribution in [1.29, 1.82) is 0 Å². The molecule has 0 saturated heterocycles. The number of hydrogen-bond donors (Lipinski definition) is 1. The van der Waals surface area contributed by atoms with Crippen molar-refractivity contribution in [2.24, 2.45) is 0 Å². The molecule has 0 spiro atoms. The average molecular weight is 318 g/mol. The molecule has 22 heavy (non-hydrogen) atoms. The van der Waals surface area contributed by atoms with Crippen LogP contribution in [0.2, 0.25) is 0 Å². The van der Waals surface area contributed by atoms with Crippen LogP contribution in [-0.4, -0.2) is 24.3 Å². The summed E-state index contributed by atoms with van der Waals surface area (Å²) in [6, 6.07) is 9.24. The van der Waals surface area contributed by atoms with E-state index in [0.717, 1.165) is 23.2 Å². The lowest BCUT2D eigenvalue weighted by molar-refractivity contribution is 0.390. The first-order chi connectivity index (χ1) is 10.3. The van der Waals surface area contributed by atoms with Crippen molar-refractivity contribution in [2.45, 2.75) is 44.0 Å². The molecular formula is C17H22N2O2S. The highest BCUT2D eigenvalue weighted by molar-refractivity contribution is 7.89. The van der Waals surface area contributed by atoms with Crippen LogP contribution in [0, 0.1) is 0 Å².